The van der Waals surface area contributed by atoms with Crippen LogP contribution in [0.4, 0.5) is 14.5 Å². The molecule has 0 saturated heterocycles. The van der Waals surface area contributed by atoms with Crippen molar-refractivity contribution in [3.8, 4) is 22.9 Å². The number of imidazole rings is 1. The molecule has 1 aromatic heterocycles. The number of halogens is 2. The Morgan fingerprint density at radius 2 is 1.62 bits per heavy atom. The average molecular weight is 437 g/mol. The highest BCUT2D eigenvalue weighted by atomic mass is 19.3. The molecule has 0 unspecified atom stereocenters. The molecule has 6 nitrogen and oxygen atoms in total. The summed E-state index contributed by atoms with van der Waals surface area (Å²) < 4.78 is 39.1. The van der Waals surface area contributed by atoms with Crippen molar-refractivity contribution >= 4 is 22.6 Å². The second kappa shape index (κ2) is 9.47. The SMILES string of the molecule is CCOc1ccc(OCC(=O)Nc2ccc(-c3nc4ccccc4n3C(F)F)cc2)cc1. The lowest BCUT2D eigenvalue weighted by molar-refractivity contribution is -0.118. The van der Waals surface area contributed by atoms with Gasteiger partial charge in [-0.05, 0) is 67.6 Å². The maximum Gasteiger partial charge on any atom is 0.320 e. The van der Waals surface area contributed by atoms with E-state index in [1.807, 2.05) is 6.92 Å². The summed E-state index contributed by atoms with van der Waals surface area (Å²) in [6, 6.07) is 20.3. The van der Waals surface area contributed by atoms with E-state index in [0.29, 0.717) is 34.6 Å². The summed E-state index contributed by atoms with van der Waals surface area (Å²) >= 11 is 0. The van der Waals surface area contributed by atoms with Crippen LogP contribution < -0.4 is 14.8 Å². The highest BCUT2D eigenvalue weighted by Crippen LogP contribution is 2.30. The van der Waals surface area contributed by atoms with Gasteiger partial charge in [-0.25, -0.2) is 4.98 Å². The Balaban J connectivity index is 1.41. The van der Waals surface area contributed by atoms with E-state index in [1.54, 1.807) is 72.8 Å². The number of fused-ring (bicyclic) bond motifs is 1. The fourth-order valence-corrected chi connectivity index (χ4v) is 3.29. The van der Waals surface area contributed by atoms with Crippen LogP contribution in [0.15, 0.2) is 72.8 Å². The van der Waals surface area contributed by atoms with Crippen LogP contribution in [0.25, 0.3) is 22.4 Å². The molecule has 8 heteroatoms. The van der Waals surface area contributed by atoms with Crippen LogP contribution in [0.3, 0.4) is 0 Å². The number of nitrogens with zero attached hydrogens (tertiary/aromatic N) is 2. The van der Waals surface area contributed by atoms with Gasteiger partial charge in [-0.1, -0.05) is 12.1 Å². The van der Waals surface area contributed by atoms with Gasteiger partial charge < -0.3 is 14.8 Å². The molecule has 0 bridgehead atoms. The molecule has 0 aliphatic rings. The largest absolute Gasteiger partial charge is 0.494 e. The lowest BCUT2D eigenvalue weighted by Gasteiger charge is -2.10. The van der Waals surface area contributed by atoms with E-state index >= 15 is 0 Å². The summed E-state index contributed by atoms with van der Waals surface area (Å²) in [5, 5.41) is 2.72. The highest BCUT2D eigenvalue weighted by Gasteiger charge is 2.18. The first-order valence-corrected chi connectivity index (χ1v) is 10.1. The van der Waals surface area contributed by atoms with Crippen LogP contribution in [-0.4, -0.2) is 28.7 Å². The van der Waals surface area contributed by atoms with Gasteiger partial charge in [0.2, 0.25) is 0 Å². The van der Waals surface area contributed by atoms with Crippen LogP contribution in [0.5, 0.6) is 11.5 Å². The van der Waals surface area contributed by atoms with E-state index < -0.39 is 6.55 Å². The lowest BCUT2D eigenvalue weighted by atomic mass is 10.2. The third-order valence-corrected chi connectivity index (χ3v) is 4.72. The third-order valence-electron chi connectivity index (χ3n) is 4.72. The lowest BCUT2D eigenvalue weighted by Crippen LogP contribution is -2.20. The highest BCUT2D eigenvalue weighted by molar-refractivity contribution is 5.92. The van der Waals surface area contributed by atoms with E-state index in [4.69, 9.17) is 9.47 Å². The number of carbonyl (C=O) groups is 1. The van der Waals surface area contributed by atoms with Gasteiger partial charge in [-0.15, -0.1) is 0 Å². The van der Waals surface area contributed by atoms with Crippen molar-refractivity contribution in [2.24, 2.45) is 0 Å². The first-order valence-electron chi connectivity index (χ1n) is 10.1. The molecule has 0 saturated carbocycles. The van der Waals surface area contributed by atoms with Crippen molar-refractivity contribution < 1.29 is 23.0 Å². The Labute approximate surface area is 183 Å². The summed E-state index contributed by atoms with van der Waals surface area (Å²) in [7, 11) is 0. The Kier molecular flexibility index (Phi) is 6.30. The number of benzene rings is 3. The molecule has 0 fully saturated rings. The number of rotatable bonds is 8. The third kappa shape index (κ3) is 4.69. The number of anilines is 1. The van der Waals surface area contributed by atoms with Crippen LogP contribution in [0.1, 0.15) is 13.5 Å². The van der Waals surface area contributed by atoms with Gasteiger partial charge in [0.25, 0.3) is 5.91 Å². The molecule has 0 aliphatic carbocycles. The smallest absolute Gasteiger partial charge is 0.320 e. The zero-order valence-corrected chi connectivity index (χ0v) is 17.3. The summed E-state index contributed by atoms with van der Waals surface area (Å²) in [5.74, 6) is 1.10. The molecular formula is C24H21F2N3O3. The molecule has 0 atom stereocenters. The molecule has 0 spiro atoms. The number of hydrogen-bond acceptors (Lipinski definition) is 4. The number of alkyl halides is 2. The maximum absolute atomic E-state index is 13.7. The normalized spacial score (nSPS) is 11.0. The quantitative estimate of drug-likeness (QED) is 0.395. The van der Waals surface area contributed by atoms with Crippen LogP contribution >= 0.6 is 0 Å². The average Bonchev–Trinajstić information content (AvgIpc) is 3.19. The monoisotopic (exact) mass is 437 g/mol. The molecule has 164 valence electrons. The van der Waals surface area contributed by atoms with Crippen molar-refractivity contribution in [2.75, 3.05) is 18.5 Å². The van der Waals surface area contributed by atoms with Gasteiger partial charge >= 0.3 is 6.55 Å². The summed E-state index contributed by atoms with van der Waals surface area (Å²) in [4.78, 5) is 16.5. The van der Waals surface area contributed by atoms with E-state index in [9.17, 15) is 13.6 Å². The van der Waals surface area contributed by atoms with E-state index in [1.165, 1.54) is 0 Å². The molecule has 1 amide bonds. The van der Waals surface area contributed by atoms with Crippen molar-refractivity contribution in [3.05, 3.63) is 72.8 Å². The molecule has 1 heterocycles. The standard InChI is InChI=1S/C24H21F2N3O3/c1-2-31-18-11-13-19(14-12-18)32-15-22(30)27-17-9-7-16(8-10-17)23-28-20-5-3-4-6-21(20)29(23)24(25)26/h3-14,24H,2,15H2,1H3,(H,27,30). The Bertz CT molecular complexity index is 1210. The number of nitrogens with one attached hydrogen (secondary N) is 1. The van der Waals surface area contributed by atoms with Crippen molar-refractivity contribution in [1.82, 2.24) is 9.55 Å². The minimum atomic E-state index is -2.73. The fourth-order valence-electron chi connectivity index (χ4n) is 3.29. The van der Waals surface area contributed by atoms with Crippen LogP contribution in [0.2, 0.25) is 0 Å². The molecule has 4 rings (SSSR count). The molecule has 32 heavy (non-hydrogen) atoms. The van der Waals surface area contributed by atoms with E-state index in [-0.39, 0.29) is 18.3 Å². The molecule has 1 N–H and O–H groups in total. The van der Waals surface area contributed by atoms with E-state index in [2.05, 4.69) is 10.3 Å². The summed E-state index contributed by atoms with van der Waals surface area (Å²) in [5.41, 5.74) is 1.90. The molecule has 0 radical (unpaired) electrons. The topological polar surface area (TPSA) is 65.4 Å². The zero-order chi connectivity index (χ0) is 22.5. The van der Waals surface area contributed by atoms with Gasteiger partial charge in [0.1, 0.15) is 17.3 Å². The number of aromatic nitrogens is 2. The van der Waals surface area contributed by atoms with Crippen molar-refractivity contribution in [2.45, 2.75) is 13.5 Å². The number of amides is 1. The Morgan fingerprint density at radius 3 is 2.28 bits per heavy atom. The Hall–Kier alpha value is -3.94. The van der Waals surface area contributed by atoms with Crippen LogP contribution in [0, 0.1) is 0 Å². The first-order chi connectivity index (χ1) is 15.5. The molecule has 4 aromatic rings. The van der Waals surface area contributed by atoms with Crippen molar-refractivity contribution in [1.29, 1.82) is 0 Å². The molecule has 0 aliphatic heterocycles. The number of carbonyl (C=O) groups excluding carboxylic acids is 1. The number of para-hydroxylation sites is 2. The number of ether oxygens (including phenoxy) is 2. The summed E-state index contributed by atoms with van der Waals surface area (Å²) in [6.07, 6.45) is 0. The van der Waals surface area contributed by atoms with Gasteiger partial charge in [-0.2, -0.15) is 8.78 Å². The van der Waals surface area contributed by atoms with Gasteiger partial charge in [0.05, 0.1) is 17.6 Å². The second-order valence-electron chi connectivity index (χ2n) is 6.89. The molecule has 3 aromatic carbocycles. The predicted octanol–water partition coefficient (Wildman–Crippen LogP) is 5.51. The van der Waals surface area contributed by atoms with Crippen LogP contribution in [-0.2, 0) is 4.79 Å². The minimum Gasteiger partial charge on any atom is -0.494 e. The molecular weight excluding hydrogens is 416 g/mol. The fraction of sp³-hybridized carbons (Fsp3) is 0.167. The summed E-state index contributed by atoms with van der Waals surface area (Å²) in [6.45, 7) is -0.425. The maximum atomic E-state index is 13.7. The van der Waals surface area contributed by atoms with Crippen molar-refractivity contribution in [3.63, 3.8) is 0 Å². The van der Waals surface area contributed by atoms with Gasteiger partial charge in [0, 0.05) is 11.3 Å². The zero-order valence-electron chi connectivity index (χ0n) is 17.3. The Morgan fingerprint density at radius 1 is 0.969 bits per heavy atom. The first kappa shape index (κ1) is 21.3. The minimum absolute atomic E-state index is 0.165. The number of hydrogen-bond donors (Lipinski definition) is 1. The van der Waals surface area contributed by atoms with Gasteiger partial charge in [-0.3, -0.25) is 9.36 Å². The van der Waals surface area contributed by atoms with E-state index in [0.717, 1.165) is 10.3 Å². The second-order valence-corrected chi connectivity index (χ2v) is 6.89. The van der Waals surface area contributed by atoms with Gasteiger partial charge in [0.15, 0.2) is 6.61 Å². The predicted molar refractivity (Wildman–Crippen MR) is 118 cm³/mol.